The van der Waals surface area contributed by atoms with E-state index in [0.29, 0.717) is 13.0 Å². The number of carbonyl (C=O) groups is 1. The molecule has 0 spiro atoms. The van der Waals surface area contributed by atoms with Gasteiger partial charge in [0.05, 0.1) is 5.41 Å². The zero-order valence-electron chi connectivity index (χ0n) is 15.9. The van der Waals surface area contributed by atoms with Gasteiger partial charge in [-0.15, -0.1) is 0 Å². The molecule has 1 N–H and O–H groups in total. The lowest BCUT2D eigenvalue weighted by Crippen LogP contribution is -2.41. The molecule has 0 bridgehead atoms. The molecule has 0 aliphatic carbocycles. The minimum atomic E-state index is -0.535. The van der Waals surface area contributed by atoms with Gasteiger partial charge in [0.25, 0.3) is 0 Å². The van der Waals surface area contributed by atoms with Gasteiger partial charge in [0, 0.05) is 36.3 Å². The number of aryl methyl sites for hydroxylation is 1. The molecular formula is C22H25BN2O2. The van der Waals surface area contributed by atoms with Crippen molar-refractivity contribution in [1.82, 2.24) is 9.38 Å². The zero-order valence-corrected chi connectivity index (χ0v) is 15.9. The Balaban J connectivity index is 1.71. The molecule has 1 aliphatic rings. The largest absolute Gasteiger partial charge is 0.437 e. The van der Waals surface area contributed by atoms with Gasteiger partial charge in [0.15, 0.2) is 5.78 Å². The Kier molecular flexibility index (Phi) is 4.66. The molecule has 1 aliphatic heterocycles. The first-order valence-electron chi connectivity index (χ1n) is 9.54. The van der Waals surface area contributed by atoms with Crippen molar-refractivity contribution in [3.8, 4) is 0 Å². The number of Topliss-reactive ketones (excluding diaryl/α,β-unsaturated/α-hetero) is 1. The highest BCUT2D eigenvalue weighted by molar-refractivity contribution is 6.45. The zero-order chi connectivity index (χ0) is 19.0. The number of benzene rings is 2. The van der Waals surface area contributed by atoms with E-state index in [1.807, 2.05) is 60.5 Å². The second-order valence-corrected chi connectivity index (χ2v) is 7.82. The highest BCUT2D eigenvalue weighted by Crippen LogP contribution is 2.38. The van der Waals surface area contributed by atoms with Gasteiger partial charge < -0.3 is 14.4 Å². The molecule has 138 valence electrons. The van der Waals surface area contributed by atoms with E-state index in [1.165, 1.54) is 5.56 Å². The van der Waals surface area contributed by atoms with Gasteiger partial charge in [-0.1, -0.05) is 30.3 Å². The van der Waals surface area contributed by atoms with Crippen LogP contribution in [-0.2, 0) is 13.5 Å². The van der Waals surface area contributed by atoms with Crippen LogP contribution in [0.2, 0.25) is 6.82 Å². The number of fused-ring (bicyclic) bond motifs is 1. The van der Waals surface area contributed by atoms with Crippen molar-refractivity contribution in [3.63, 3.8) is 0 Å². The Morgan fingerprint density at radius 1 is 1.19 bits per heavy atom. The maximum absolute atomic E-state index is 13.7. The summed E-state index contributed by atoms with van der Waals surface area (Å²) < 4.78 is 2.06. The monoisotopic (exact) mass is 360 g/mol. The smallest absolute Gasteiger partial charge is 0.376 e. The van der Waals surface area contributed by atoms with Gasteiger partial charge in [-0.3, -0.25) is 4.79 Å². The molecule has 1 saturated heterocycles. The molecule has 2 heterocycles. The quantitative estimate of drug-likeness (QED) is 0.560. The average molecular weight is 360 g/mol. The maximum Gasteiger partial charge on any atom is 0.376 e. The molecule has 4 nitrogen and oxygen atoms in total. The summed E-state index contributed by atoms with van der Waals surface area (Å²) in [6, 6.07) is 18.2. The van der Waals surface area contributed by atoms with E-state index in [0.717, 1.165) is 29.4 Å². The predicted molar refractivity (Wildman–Crippen MR) is 110 cm³/mol. The summed E-state index contributed by atoms with van der Waals surface area (Å²) in [6.45, 7) is 3.11. The molecule has 0 saturated carbocycles. The number of hydrogen-bond donors (Lipinski definition) is 1. The first-order valence-corrected chi connectivity index (χ1v) is 9.54. The third-order valence-corrected chi connectivity index (χ3v) is 5.93. The van der Waals surface area contributed by atoms with E-state index in [1.54, 1.807) is 6.82 Å². The van der Waals surface area contributed by atoms with Crippen LogP contribution in [0.15, 0.2) is 60.8 Å². The van der Waals surface area contributed by atoms with E-state index in [4.69, 9.17) is 0 Å². The van der Waals surface area contributed by atoms with Gasteiger partial charge in [-0.25, -0.2) is 0 Å². The Morgan fingerprint density at radius 3 is 2.67 bits per heavy atom. The van der Waals surface area contributed by atoms with Crippen LogP contribution in [0.3, 0.4) is 0 Å². The van der Waals surface area contributed by atoms with Gasteiger partial charge in [0.1, 0.15) is 0 Å². The van der Waals surface area contributed by atoms with Crippen molar-refractivity contribution in [2.75, 3.05) is 13.1 Å². The van der Waals surface area contributed by atoms with Gasteiger partial charge in [-0.2, -0.15) is 0 Å². The van der Waals surface area contributed by atoms with Crippen LogP contribution in [0.1, 0.15) is 22.3 Å². The van der Waals surface area contributed by atoms with Crippen LogP contribution in [0.5, 0.6) is 0 Å². The van der Waals surface area contributed by atoms with Crippen molar-refractivity contribution in [2.24, 2.45) is 12.5 Å². The Morgan fingerprint density at radius 2 is 1.96 bits per heavy atom. The highest BCUT2D eigenvalue weighted by atomic mass is 16.2. The van der Waals surface area contributed by atoms with Crippen LogP contribution in [0.25, 0.3) is 10.9 Å². The average Bonchev–Trinajstić information content (AvgIpc) is 3.27. The lowest BCUT2D eigenvalue weighted by molar-refractivity contribution is 0.0807. The number of carbonyl (C=O) groups excluding carboxylic acids is 1. The molecule has 5 heteroatoms. The lowest BCUT2D eigenvalue weighted by Gasteiger charge is -2.29. The van der Waals surface area contributed by atoms with E-state index in [2.05, 4.69) is 16.7 Å². The summed E-state index contributed by atoms with van der Waals surface area (Å²) in [5.41, 5.74) is 2.55. The number of aromatic nitrogens is 1. The molecule has 0 radical (unpaired) electrons. The Hall–Kier alpha value is -2.37. The number of nitrogens with zero attached hydrogens (tertiary/aromatic N) is 2. The fourth-order valence-corrected chi connectivity index (χ4v) is 4.35. The number of ketones is 1. The fourth-order valence-electron chi connectivity index (χ4n) is 4.35. The third-order valence-electron chi connectivity index (χ3n) is 5.93. The van der Waals surface area contributed by atoms with E-state index >= 15 is 0 Å². The van der Waals surface area contributed by atoms with Gasteiger partial charge >= 0.3 is 7.05 Å². The summed E-state index contributed by atoms with van der Waals surface area (Å²) in [6.07, 6.45) is 3.48. The maximum atomic E-state index is 13.7. The lowest BCUT2D eigenvalue weighted by atomic mass is 9.74. The van der Waals surface area contributed by atoms with Crippen molar-refractivity contribution in [1.29, 1.82) is 0 Å². The standard InChI is InChI=1S/C22H25BN2O2/c1-23(27)25-13-11-22(16-25,15-17-6-4-3-5-7-17)21(26)19-8-9-20-18(14-19)10-12-24(20)2/h3-10,12,14,27H,11,13,15-16H2,1-2H3. The summed E-state index contributed by atoms with van der Waals surface area (Å²) in [4.78, 5) is 15.7. The van der Waals surface area contributed by atoms with Crippen LogP contribution in [0, 0.1) is 5.41 Å². The molecule has 1 aromatic heterocycles. The van der Waals surface area contributed by atoms with E-state index in [-0.39, 0.29) is 5.78 Å². The van der Waals surface area contributed by atoms with Crippen LogP contribution < -0.4 is 0 Å². The SMILES string of the molecule is CB(O)N1CCC(Cc2ccccc2)(C(=O)c2ccc3c(ccn3C)c2)C1. The van der Waals surface area contributed by atoms with E-state index < -0.39 is 12.5 Å². The molecule has 27 heavy (non-hydrogen) atoms. The van der Waals surface area contributed by atoms with Crippen molar-refractivity contribution in [3.05, 3.63) is 71.9 Å². The van der Waals surface area contributed by atoms with Crippen LogP contribution >= 0.6 is 0 Å². The minimum absolute atomic E-state index is 0.181. The Labute approximate surface area is 160 Å². The predicted octanol–water partition coefficient (Wildman–Crippen LogP) is 3.41. The molecule has 0 amide bonds. The molecule has 1 fully saturated rings. The van der Waals surface area contributed by atoms with Crippen molar-refractivity contribution < 1.29 is 9.82 Å². The van der Waals surface area contributed by atoms with Gasteiger partial charge in [0.2, 0.25) is 0 Å². The summed E-state index contributed by atoms with van der Waals surface area (Å²) in [7, 11) is 1.48. The first kappa shape index (κ1) is 18.0. The molecule has 4 rings (SSSR count). The summed E-state index contributed by atoms with van der Waals surface area (Å²) in [5, 5.41) is 11.1. The second kappa shape index (κ2) is 6.99. The summed E-state index contributed by atoms with van der Waals surface area (Å²) in [5.74, 6) is 0.181. The fraction of sp³-hybridized carbons (Fsp3) is 0.318. The normalized spacial score (nSPS) is 20.3. The van der Waals surface area contributed by atoms with Gasteiger partial charge in [-0.05, 0) is 56.0 Å². The highest BCUT2D eigenvalue weighted by Gasteiger charge is 2.46. The molecular weight excluding hydrogens is 335 g/mol. The van der Waals surface area contributed by atoms with Crippen LogP contribution in [0.4, 0.5) is 0 Å². The minimum Gasteiger partial charge on any atom is -0.437 e. The number of rotatable bonds is 5. The van der Waals surface area contributed by atoms with Crippen LogP contribution in [-0.4, -0.2) is 40.3 Å². The Bertz CT molecular complexity index is 967. The molecule has 1 atom stereocenters. The second-order valence-electron chi connectivity index (χ2n) is 7.82. The third kappa shape index (κ3) is 3.33. The summed E-state index contributed by atoms with van der Waals surface area (Å²) >= 11 is 0. The van der Waals surface area contributed by atoms with Crippen molar-refractivity contribution in [2.45, 2.75) is 19.7 Å². The molecule has 3 aromatic rings. The van der Waals surface area contributed by atoms with E-state index in [9.17, 15) is 9.82 Å². The first-order chi connectivity index (χ1) is 13.0. The topological polar surface area (TPSA) is 45.5 Å². The van der Waals surface area contributed by atoms with Crippen molar-refractivity contribution >= 4 is 23.7 Å². The molecule has 1 unspecified atom stereocenters. The molecule has 2 aromatic carbocycles. The number of hydrogen-bond acceptors (Lipinski definition) is 3.